The van der Waals surface area contributed by atoms with Crippen molar-refractivity contribution >= 4 is 49.6 Å². The Labute approximate surface area is 161 Å². The van der Waals surface area contributed by atoms with E-state index in [-0.39, 0.29) is 0 Å². The minimum Gasteiger partial charge on any atom is -0.230 e. The highest BCUT2D eigenvalue weighted by Gasteiger charge is 2.13. The van der Waals surface area contributed by atoms with Crippen molar-refractivity contribution in [1.82, 2.24) is 24.8 Å². The molecule has 0 fully saturated rings. The Morgan fingerprint density at radius 3 is 2.65 bits per heavy atom. The highest BCUT2D eigenvalue weighted by molar-refractivity contribution is 8.00. The van der Waals surface area contributed by atoms with Gasteiger partial charge in [0.25, 0.3) is 0 Å². The zero-order valence-electron chi connectivity index (χ0n) is 13.6. The van der Waals surface area contributed by atoms with Crippen LogP contribution >= 0.6 is 34.4 Å². The summed E-state index contributed by atoms with van der Waals surface area (Å²) in [5.41, 5.74) is 2.30. The van der Waals surface area contributed by atoms with E-state index < -0.39 is 0 Å². The largest absolute Gasteiger partial charge is 0.234 e. The van der Waals surface area contributed by atoms with Gasteiger partial charge in [0.05, 0.1) is 16.0 Å². The molecule has 0 aliphatic rings. The predicted octanol–water partition coefficient (Wildman–Crippen LogP) is 4.68. The maximum Gasteiger partial charge on any atom is 0.234 e. The molecule has 0 aliphatic heterocycles. The van der Waals surface area contributed by atoms with Crippen LogP contribution in [0, 0.1) is 0 Å². The van der Waals surface area contributed by atoms with Gasteiger partial charge in [0.2, 0.25) is 4.96 Å². The third kappa shape index (κ3) is 3.11. The number of benzene rings is 2. The van der Waals surface area contributed by atoms with E-state index in [1.807, 2.05) is 28.8 Å². The number of para-hydroxylation sites is 1. The van der Waals surface area contributed by atoms with Gasteiger partial charge in [-0.05, 0) is 17.7 Å². The van der Waals surface area contributed by atoms with Crippen LogP contribution in [0.3, 0.4) is 0 Å². The number of nitrogens with zero attached hydrogens (tertiary/aromatic N) is 5. The standard InChI is InChI=1S/C18H13N5S3/c1-2-6-12(7-3-1)10-16-22-23-15(20-21-17(23)26-16)11-24-18-19-13-8-4-5-9-14(13)25-18/h1-9H,10-11H2. The average Bonchev–Trinajstić information content (AvgIpc) is 3.34. The summed E-state index contributed by atoms with van der Waals surface area (Å²) in [7, 11) is 0. The van der Waals surface area contributed by atoms with Gasteiger partial charge in [-0.2, -0.15) is 9.61 Å². The van der Waals surface area contributed by atoms with Gasteiger partial charge in [-0.25, -0.2) is 4.98 Å². The molecule has 2 aromatic carbocycles. The summed E-state index contributed by atoms with van der Waals surface area (Å²) in [6, 6.07) is 18.6. The smallest absolute Gasteiger partial charge is 0.230 e. The Hall–Kier alpha value is -2.29. The monoisotopic (exact) mass is 395 g/mol. The summed E-state index contributed by atoms with van der Waals surface area (Å²) >= 11 is 4.98. The van der Waals surface area contributed by atoms with Crippen LogP contribution in [0.2, 0.25) is 0 Å². The molecule has 0 unspecified atom stereocenters. The second kappa shape index (κ2) is 6.79. The van der Waals surface area contributed by atoms with Crippen molar-refractivity contribution in [3.8, 4) is 0 Å². The fourth-order valence-electron chi connectivity index (χ4n) is 2.67. The SMILES string of the molecule is c1ccc(Cc2nn3c(CSc4nc5ccccc5s4)nnc3s2)cc1. The van der Waals surface area contributed by atoms with Gasteiger partial charge in [0.1, 0.15) is 5.01 Å². The van der Waals surface area contributed by atoms with Gasteiger partial charge in [-0.15, -0.1) is 21.5 Å². The predicted molar refractivity (Wildman–Crippen MR) is 107 cm³/mol. The first-order valence-electron chi connectivity index (χ1n) is 8.07. The number of thiazole rings is 1. The van der Waals surface area contributed by atoms with Crippen molar-refractivity contribution in [2.24, 2.45) is 0 Å². The maximum absolute atomic E-state index is 4.70. The average molecular weight is 396 g/mol. The van der Waals surface area contributed by atoms with Crippen LogP contribution in [0.25, 0.3) is 15.2 Å². The van der Waals surface area contributed by atoms with E-state index in [9.17, 15) is 0 Å². The molecular weight excluding hydrogens is 382 g/mol. The van der Waals surface area contributed by atoms with Crippen LogP contribution in [0.15, 0.2) is 58.9 Å². The first-order valence-corrected chi connectivity index (χ1v) is 10.7. The number of hydrogen-bond acceptors (Lipinski definition) is 7. The maximum atomic E-state index is 4.70. The number of aromatic nitrogens is 5. The molecule has 0 radical (unpaired) electrons. The molecule has 128 valence electrons. The van der Waals surface area contributed by atoms with E-state index in [4.69, 9.17) is 5.10 Å². The van der Waals surface area contributed by atoms with Crippen molar-refractivity contribution < 1.29 is 0 Å². The van der Waals surface area contributed by atoms with Crippen LogP contribution in [-0.2, 0) is 12.2 Å². The molecular formula is C18H13N5S3. The molecule has 0 N–H and O–H groups in total. The van der Waals surface area contributed by atoms with Crippen LogP contribution in [0.5, 0.6) is 0 Å². The molecule has 0 aliphatic carbocycles. The lowest BCUT2D eigenvalue weighted by Gasteiger charge is -1.96. The number of fused-ring (bicyclic) bond motifs is 2. The molecule has 0 atom stereocenters. The number of thioether (sulfide) groups is 1. The quantitative estimate of drug-likeness (QED) is 0.405. The fraction of sp³-hybridized carbons (Fsp3) is 0.111. The molecule has 5 nitrogen and oxygen atoms in total. The van der Waals surface area contributed by atoms with E-state index in [0.29, 0.717) is 5.75 Å². The molecule has 0 amide bonds. The Kier molecular flexibility index (Phi) is 4.16. The highest BCUT2D eigenvalue weighted by atomic mass is 32.2. The van der Waals surface area contributed by atoms with Crippen LogP contribution in [0.4, 0.5) is 0 Å². The Bertz CT molecular complexity index is 1140. The molecule has 5 rings (SSSR count). The lowest BCUT2D eigenvalue weighted by Crippen LogP contribution is -1.95. The van der Waals surface area contributed by atoms with Crippen molar-refractivity contribution in [2.75, 3.05) is 0 Å². The summed E-state index contributed by atoms with van der Waals surface area (Å²) in [5, 5.41) is 14.3. The van der Waals surface area contributed by atoms with E-state index in [1.54, 1.807) is 34.4 Å². The van der Waals surface area contributed by atoms with Gasteiger partial charge in [-0.1, -0.05) is 65.6 Å². The molecule has 0 saturated carbocycles. The summed E-state index contributed by atoms with van der Waals surface area (Å²) in [5.74, 6) is 1.56. The first kappa shape index (κ1) is 15.9. The summed E-state index contributed by atoms with van der Waals surface area (Å²) < 4.78 is 4.12. The second-order valence-electron chi connectivity index (χ2n) is 5.70. The Morgan fingerprint density at radius 1 is 0.923 bits per heavy atom. The molecule has 8 heteroatoms. The zero-order valence-corrected chi connectivity index (χ0v) is 16.0. The molecule has 0 saturated heterocycles. The fourth-order valence-corrected chi connectivity index (χ4v) is 5.53. The third-order valence-corrected chi connectivity index (χ3v) is 6.97. The molecule has 3 heterocycles. The minimum atomic E-state index is 0.704. The third-order valence-electron chi connectivity index (χ3n) is 3.89. The summed E-state index contributed by atoms with van der Waals surface area (Å²) in [4.78, 5) is 5.50. The molecule has 5 aromatic rings. The van der Waals surface area contributed by atoms with Gasteiger partial charge >= 0.3 is 0 Å². The van der Waals surface area contributed by atoms with Crippen molar-refractivity contribution in [2.45, 2.75) is 16.5 Å². The molecule has 0 bridgehead atoms. The van der Waals surface area contributed by atoms with Crippen molar-refractivity contribution in [1.29, 1.82) is 0 Å². The summed E-state index contributed by atoms with van der Waals surface area (Å²) in [6.45, 7) is 0. The topological polar surface area (TPSA) is 56.0 Å². The van der Waals surface area contributed by atoms with Crippen LogP contribution in [-0.4, -0.2) is 24.8 Å². The van der Waals surface area contributed by atoms with E-state index in [0.717, 1.165) is 32.1 Å². The van der Waals surface area contributed by atoms with Crippen molar-refractivity contribution in [3.05, 3.63) is 71.0 Å². The molecule has 3 aromatic heterocycles. The van der Waals surface area contributed by atoms with Gasteiger partial charge < -0.3 is 0 Å². The lowest BCUT2D eigenvalue weighted by atomic mass is 10.2. The highest BCUT2D eigenvalue weighted by Crippen LogP contribution is 2.31. The van der Waals surface area contributed by atoms with E-state index in [2.05, 4.69) is 45.5 Å². The Morgan fingerprint density at radius 2 is 1.77 bits per heavy atom. The normalized spacial score (nSPS) is 11.5. The van der Waals surface area contributed by atoms with Crippen LogP contribution in [0.1, 0.15) is 16.4 Å². The summed E-state index contributed by atoms with van der Waals surface area (Å²) in [6.07, 6.45) is 0.819. The van der Waals surface area contributed by atoms with Crippen molar-refractivity contribution in [3.63, 3.8) is 0 Å². The number of hydrogen-bond donors (Lipinski definition) is 0. The molecule has 26 heavy (non-hydrogen) atoms. The second-order valence-corrected chi connectivity index (χ2v) is 9.00. The lowest BCUT2D eigenvalue weighted by molar-refractivity contribution is 0.856. The van der Waals surface area contributed by atoms with E-state index >= 15 is 0 Å². The van der Waals surface area contributed by atoms with E-state index in [1.165, 1.54) is 10.3 Å². The van der Waals surface area contributed by atoms with Crippen LogP contribution < -0.4 is 0 Å². The number of rotatable bonds is 5. The first-order chi connectivity index (χ1) is 12.8. The zero-order chi connectivity index (χ0) is 17.3. The molecule has 0 spiro atoms. The van der Waals surface area contributed by atoms with Gasteiger partial charge in [-0.3, -0.25) is 0 Å². The van der Waals surface area contributed by atoms with Gasteiger partial charge in [0, 0.05) is 6.42 Å². The van der Waals surface area contributed by atoms with Gasteiger partial charge in [0.15, 0.2) is 10.2 Å². The minimum absolute atomic E-state index is 0.704. The Balaban J connectivity index is 1.35.